The van der Waals surface area contributed by atoms with Gasteiger partial charge in [-0.2, -0.15) is 0 Å². The van der Waals surface area contributed by atoms with E-state index in [-0.39, 0.29) is 11.2 Å². The zero-order valence-corrected chi connectivity index (χ0v) is 19.0. The predicted molar refractivity (Wildman–Crippen MR) is 126 cm³/mol. The fraction of sp³-hybridized carbons (Fsp3) is 0.280. The van der Waals surface area contributed by atoms with Crippen LogP contribution >= 0.6 is 0 Å². The Morgan fingerprint density at radius 2 is 1.66 bits per heavy atom. The molecule has 32 heavy (non-hydrogen) atoms. The zero-order chi connectivity index (χ0) is 23.0. The van der Waals surface area contributed by atoms with Crippen molar-refractivity contribution in [3.63, 3.8) is 0 Å². The Labute approximate surface area is 186 Å². The minimum Gasteiger partial charge on any atom is -0.493 e. The fourth-order valence-corrected chi connectivity index (χ4v) is 4.15. The molecule has 0 aliphatic heterocycles. The van der Waals surface area contributed by atoms with Gasteiger partial charge in [-0.1, -0.05) is 29.8 Å². The summed E-state index contributed by atoms with van der Waals surface area (Å²) in [6, 6.07) is 13.9. The van der Waals surface area contributed by atoms with Gasteiger partial charge in [-0.15, -0.1) is 0 Å². The van der Waals surface area contributed by atoms with Gasteiger partial charge in [0.05, 0.1) is 30.8 Å². The Morgan fingerprint density at radius 3 is 2.34 bits per heavy atom. The van der Waals surface area contributed by atoms with Crippen LogP contribution in [0.1, 0.15) is 11.1 Å². The lowest BCUT2D eigenvalue weighted by molar-refractivity contribution is 0.354. The summed E-state index contributed by atoms with van der Waals surface area (Å²) in [5.74, 6) is 1.36. The molecular weight excluding hydrogens is 406 g/mol. The largest absolute Gasteiger partial charge is 0.493 e. The smallest absolute Gasteiger partial charge is 0.330 e. The van der Waals surface area contributed by atoms with Crippen LogP contribution in [-0.4, -0.2) is 27.9 Å². The van der Waals surface area contributed by atoms with Gasteiger partial charge in [-0.25, -0.2) is 4.79 Å². The first kappa shape index (κ1) is 21.5. The van der Waals surface area contributed by atoms with Crippen LogP contribution in [-0.2, 0) is 27.1 Å². The number of aromatic nitrogens is 3. The molecule has 4 aromatic rings. The Hall–Kier alpha value is -3.74. The summed E-state index contributed by atoms with van der Waals surface area (Å²) < 4.78 is 15.5. The summed E-state index contributed by atoms with van der Waals surface area (Å²) in [6.45, 7) is 2.65. The summed E-state index contributed by atoms with van der Waals surface area (Å²) in [6.07, 6.45) is 2.62. The Morgan fingerprint density at radius 1 is 0.906 bits per heavy atom. The second-order valence-corrected chi connectivity index (χ2v) is 7.95. The number of benzene rings is 2. The lowest BCUT2D eigenvalue weighted by Gasteiger charge is -2.12. The van der Waals surface area contributed by atoms with Gasteiger partial charge in [0.15, 0.2) is 11.5 Å². The van der Waals surface area contributed by atoms with Gasteiger partial charge in [0, 0.05) is 26.8 Å². The van der Waals surface area contributed by atoms with E-state index >= 15 is 0 Å². The van der Waals surface area contributed by atoms with Crippen LogP contribution in [0.25, 0.3) is 22.2 Å². The van der Waals surface area contributed by atoms with E-state index in [1.54, 1.807) is 21.3 Å². The van der Waals surface area contributed by atoms with Crippen molar-refractivity contribution in [2.75, 3.05) is 14.2 Å². The molecule has 0 spiro atoms. The molecule has 0 saturated heterocycles. The maximum absolute atomic E-state index is 13.1. The third-order valence-corrected chi connectivity index (χ3v) is 5.89. The molecule has 0 saturated carbocycles. The summed E-state index contributed by atoms with van der Waals surface area (Å²) in [4.78, 5) is 25.6. The van der Waals surface area contributed by atoms with Crippen LogP contribution in [0, 0.1) is 6.92 Å². The molecule has 166 valence electrons. The quantitative estimate of drug-likeness (QED) is 0.468. The number of hydrogen-bond donors (Lipinski definition) is 0. The van der Waals surface area contributed by atoms with Crippen LogP contribution < -0.4 is 20.7 Å². The molecule has 2 heterocycles. The standard InChI is InChI=1S/C25H27N3O4/c1-16-7-6-8-18(13-16)23-22-19(26(2)25(30)27(3)24(22)29)15-28(23)12-11-17-9-10-20(31-4)21(14-17)32-5/h6-10,13-15H,11-12H2,1-5H3. The predicted octanol–water partition coefficient (Wildman–Crippen LogP) is 3.27. The number of hydrogen-bond acceptors (Lipinski definition) is 4. The lowest BCUT2D eigenvalue weighted by atomic mass is 10.1. The topological polar surface area (TPSA) is 67.4 Å². The van der Waals surface area contributed by atoms with E-state index in [4.69, 9.17) is 9.47 Å². The van der Waals surface area contributed by atoms with E-state index in [9.17, 15) is 9.59 Å². The van der Waals surface area contributed by atoms with E-state index in [1.807, 2.05) is 49.5 Å². The van der Waals surface area contributed by atoms with E-state index in [1.165, 1.54) is 16.2 Å². The maximum atomic E-state index is 13.1. The van der Waals surface area contributed by atoms with E-state index in [2.05, 4.69) is 10.6 Å². The molecule has 4 rings (SSSR count). The molecule has 0 atom stereocenters. The lowest BCUT2D eigenvalue weighted by Crippen LogP contribution is -2.36. The molecule has 0 radical (unpaired) electrons. The summed E-state index contributed by atoms with van der Waals surface area (Å²) >= 11 is 0. The summed E-state index contributed by atoms with van der Waals surface area (Å²) in [7, 11) is 6.45. The molecule has 0 unspecified atom stereocenters. The average molecular weight is 434 g/mol. The van der Waals surface area contributed by atoms with Crippen LogP contribution in [0.4, 0.5) is 0 Å². The second kappa shape index (κ2) is 8.42. The Kier molecular flexibility index (Phi) is 5.65. The molecule has 0 bridgehead atoms. The highest BCUT2D eigenvalue weighted by Crippen LogP contribution is 2.30. The molecule has 0 aliphatic rings. The van der Waals surface area contributed by atoms with Gasteiger partial charge in [0.1, 0.15) is 0 Å². The van der Waals surface area contributed by atoms with Crippen molar-refractivity contribution in [2.45, 2.75) is 19.9 Å². The molecule has 0 N–H and O–H groups in total. The number of nitrogens with zero attached hydrogens (tertiary/aromatic N) is 3. The number of aryl methyl sites for hydroxylation is 4. The van der Waals surface area contributed by atoms with Crippen molar-refractivity contribution in [1.29, 1.82) is 0 Å². The highest BCUT2D eigenvalue weighted by atomic mass is 16.5. The maximum Gasteiger partial charge on any atom is 0.330 e. The zero-order valence-electron chi connectivity index (χ0n) is 19.0. The molecule has 0 amide bonds. The molecule has 7 heteroatoms. The van der Waals surface area contributed by atoms with Crippen LogP contribution in [0.2, 0.25) is 0 Å². The monoisotopic (exact) mass is 433 g/mol. The van der Waals surface area contributed by atoms with Gasteiger partial charge in [0.25, 0.3) is 5.56 Å². The van der Waals surface area contributed by atoms with Gasteiger partial charge < -0.3 is 14.0 Å². The van der Waals surface area contributed by atoms with Crippen molar-refractivity contribution in [3.8, 4) is 22.8 Å². The van der Waals surface area contributed by atoms with Gasteiger partial charge in [0.2, 0.25) is 0 Å². The third-order valence-electron chi connectivity index (χ3n) is 5.89. The first-order valence-corrected chi connectivity index (χ1v) is 10.4. The van der Waals surface area contributed by atoms with E-state index in [0.29, 0.717) is 35.4 Å². The molecule has 2 aromatic heterocycles. The fourth-order valence-electron chi connectivity index (χ4n) is 4.15. The average Bonchev–Trinajstić information content (AvgIpc) is 3.19. The normalized spacial score (nSPS) is 11.2. The molecular formula is C25H27N3O4. The minimum atomic E-state index is -0.338. The summed E-state index contributed by atoms with van der Waals surface area (Å²) in [5, 5.41) is 0.549. The number of ether oxygens (including phenoxy) is 2. The van der Waals surface area contributed by atoms with Crippen molar-refractivity contribution in [1.82, 2.24) is 13.7 Å². The van der Waals surface area contributed by atoms with Gasteiger partial charge in [-0.3, -0.25) is 13.9 Å². The summed E-state index contributed by atoms with van der Waals surface area (Å²) in [5.41, 5.74) is 3.95. The van der Waals surface area contributed by atoms with Crippen molar-refractivity contribution >= 4 is 10.9 Å². The van der Waals surface area contributed by atoms with Gasteiger partial charge in [-0.05, 0) is 42.7 Å². The highest BCUT2D eigenvalue weighted by molar-refractivity contribution is 5.93. The van der Waals surface area contributed by atoms with Crippen LogP contribution in [0.5, 0.6) is 11.5 Å². The van der Waals surface area contributed by atoms with Crippen LogP contribution in [0.15, 0.2) is 58.3 Å². The SMILES string of the molecule is COc1ccc(CCn2cc3c(c2-c2cccc(C)c2)c(=O)n(C)c(=O)n3C)cc1OC. The number of rotatable bonds is 6. The van der Waals surface area contributed by atoms with Gasteiger partial charge >= 0.3 is 5.69 Å². The van der Waals surface area contributed by atoms with E-state index < -0.39 is 0 Å². The minimum absolute atomic E-state index is 0.288. The first-order valence-electron chi connectivity index (χ1n) is 10.4. The van der Waals surface area contributed by atoms with E-state index in [0.717, 1.165) is 22.4 Å². The number of fused-ring (bicyclic) bond motifs is 1. The number of methoxy groups -OCH3 is 2. The first-order chi connectivity index (χ1) is 15.3. The Bertz CT molecular complexity index is 1430. The highest BCUT2D eigenvalue weighted by Gasteiger charge is 2.19. The second-order valence-electron chi connectivity index (χ2n) is 7.95. The van der Waals surface area contributed by atoms with Crippen molar-refractivity contribution in [2.24, 2.45) is 14.1 Å². The molecule has 0 fully saturated rings. The molecule has 7 nitrogen and oxygen atoms in total. The van der Waals surface area contributed by atoms with Crippen molar-refractivity contribution < 1.29 is 9.47 Å². The van der Waals surface area contributed by atoms with Crippen LogP contribution in [0.3, 0.4) is 0 Å². The Balaban J connectivity index is 1.87. The molecule has 2 aromatic carbocycles. The molecule has 0 aliphatic carbocycles. The van der Waals surface area contributed by atoms with Crippen molar-refractivity contribution in [3.05, 3.63) is 80.6 Å². The third kappa shape index (κ3) is 3.60.